The van der Waals surface area contributed by atoms with Crippen LogP contribution in [0.3, 0.4) is 0 Å². The number of aromatic nitrogens is 2. The highest BCUT2D eigenvalue weighted by atomic mass is 79.9. The smallest absolute Gasteiger partial charge is 0.242 e. The molecule has 1 aliphatic heterocycles. The van der Waals surface area contributed by atoms with Crippen molar-refractivity contribution in [3.63, 3.8) is 0 Å². The van der Waals surface area contributed by atoms with E-state index in [9.17, 15) is 4.79 Å². The Balaban J connectivity index is 1.68. The van der Waals surface area contributed by atoms with Crippen LogP contribution >= 0.6 is 15.9 Å². The minimum absolute atomic E-state index is 0.138. The van der Waals surface area contributed by atoms with Gasteiger partial charge in [-0.1, -0.05) is 28.1 Å². The van der Waals surface area contributed by atoms with Gasteiger partial charge in [-0.05, 0) is 25.2 Å². The molecule has 0 radical (unpaired) electrons. The highest BCUT2D eigenvalue weighted by molar-refractivity contribution is 9.10. The van der Waals surface area contributed by atoms with Crippen LogP contribution in [0, 0.1) is 0 Å². The first kappa shape index (κ1) is 17.8. The molecule has 3 rings (SSSR count). The number of piperazine rings is 1. The van der Waals surface area contributed by atoms with Gasteiger partial charge < -0.3 is 14.7 Å². The molecule has 0 atom stereocenters. The Morgan fingerprint density at radius 1 is 1.16 bits per heavy atom. The van der Waals surface area contributed by atoms with Crippen LogP contribution in [-0.2, 0) is 4.79 Å². The number of hydrogen-bond acceptors (Lipinski definition) is 5. The quantitative estimate of drug-likeness (QED) is 0.782. The molecule has 1 amide bonds. The summed E-state index contributed by atoms with van der Waals surface area (Å²) in [5.41, 5.74) is 0.948. The minimum atomic E-state index is 0.138. The SMILES string of the molecule is CN1CCN(C(=O)CN(C)c2ccnc(-c3ccc(Br)cc3)n2)CC1. The van der Waals surface area contributed by atoms with Crippen molar-refractivity contribution in [2.75, 3.05) is 51.7 Å². The van der Waals surface area contributed by atoms with Gasteiger partial charge in [-0.2, -0.15) is 0 Å². The fourth-order valence-corrected chi connectivity index (χ4v) is 3.00. The minimum Gasteiger partial charge on any atom is -0.350 e. The highest BCUT2D eigenvalue weighted by Gasteiger charge is 2.20. The van der Waals surface area contributed by atoms with Crippen LogP contribution in [0.25, 0.3) is 11.4 Å². The molecule has 2 heterocycles. The monoisotopic (exact) mass is 403 g/mol. The second-order valence-corrected chi connectivity index (χ2v) is 7.20. The van der Waals surface area contributed by atoms with Gasteiger partial charge >= 0.3 is 0 Å². The second-order valence-electron chi connectivity index (χ2n) is 6.29. The molecule has 25 heavy (non-hydrogen) atoms. The number of benzene rings is 1. The second kappa shape index (κ2) is 7.93. The van der Waals surface area contributed by atoms with Gasteiger partial charge in [0.05, 0.1) is 6.54 Å². The Kier molecular flexibility index (Phi) is 5.65. The van der Waals surface area contributed by atoms with Crippen molar-refractivity contribution in [3.05, 3.63) is 41.0 Å². The predicted molar refractivity (Wildman–Crippen MR) is 103 cm³/mol. The van der Waals surface area contributed by atoms with Gasteiger partial charge in [0.15, 0.2) is 5.82 Å². The van der Waals surface area contributed by atoms with E-state index in [2.05, 4.69) is 37.8 Å². The third-order valence-electron chi connectivity index (χ3n) is 4.36. The molecule has 0 spiro atoms. The van der Waals surface area contributed by atoms with Crippen LogP contribution in [0.5, 0.6) is 0 Å². The normalized spacial score (nSPS) is 15.2. The first-order chi connectivity index (χ1) is 12.0. The van der Waals surface area contributed by atoms with Crippen LogP contribution in [0.2, 0.25) is 0 Å². The lowest BCUT2D eigenvalue weighted by Gasteiger charge is -2.33. The number of anilines is 1. The van der Waals surface area contributed by atoms with Gasteiger partial charge in [-0.15, -0.1) is 0 Å². The molecule has 1 aliphatic rings. The largest absolute Gasteiger partial charge is 0.350 e. The molecule has 6 nitrogen and oxygen atoms in total. The molecule has 7 heteroatoms. The topological polar surface area (TPSA) is 52.6 Å². The Morgan fingerprint density at radius 2 is 1.84 bits per heavy atom. The van der Waals surface area contributed by atoms with Crippen LogP contribution in [0.1, 0.15) is 0 Å². The molecular formula is C18H22BrN5O. The van der Waals surface area contributed by atoms with Crippen LogP contribution < -0.4 is 4.90 Å². The summed E-state index contributed by atoms with van der Waals surface area (Å²) in [5, 5.41) is 0. The summed E-state index contributed by atoms with van der Waals surface area (Å²) >= 11 is 3.43. The highest BCUT2D eigenvalue weighted by Crippen LogP contribution is 2.20. The fraction of sp³-hybridized carbons (Fsp3) is 0.389. The van der Waals surface area contributed by atoms with Gasteiger partial charge in [0.25, 0.3) is 0 Å². The molecule has 0 N–H and O–H groups in total. The van der Waals surface area contributed by atoms with Crippen molar-refractivity contribution < 1.29 is 4.79 Å². The van der Waals surface area contributed by atoms with E-state index in [1.165, 1.54) is 0 Å². The number of carbonyl (C=O) groups excluding carboxylic acids is 1. The zero-order valence-corrected chi connectivity index (χ0v) is 16.1. The standard InChI is InChI=1S/C18H22BrN5O/c1-22-9-11-24(12-10-22)17(25)13-23(2)16-7-8-20-18(21-16)14-3-5-15(19)6-4-14/h3-8H,9-13H2,1-2H3. The number of likely N-dealkylation sites (N-methyl/N-ethyl adjacent to an activating group) is 2. The van der Waals surface area contributed by atoms with Crippen LogP contribution in [0.4, 0.5) is 5.82 Å². The Bertz CT molecular complexity index is 729. The first-order valence-corrected chi connectivity index (χ1v) is 9.08. The van der Waals surface area contributed by atoms with E-state index >= 15 is 0 Å². The summed E-state index contributed by atoms with van der Waals surface area (Å²) in [6.45, 7) is 3.75. The molecule has 0 unspecified atom stereocenters. The molecule has 132 valence electrons. The number of carbonyl (C=O) groups is 1. The lowest BCUT2D eigenvalue weighted by Crippen LogP contribution is -2.49. The van der Waals surface area contributed by atoms with E-state index in [4.69, 9.17) is 0 Å². The fourth-order valence-electron chi connectivity index (χ4n) is 2.74. The lowest BCUT2D eigenvalue weighted by molar-refractivity contribution is -0.131. The molecule has 0 aliphatic carbocycles. The third-order valence-corrected chi connectivity index (χ3v) is 4.89. The first-order valence-electron chi connectivity index (χ1n) is 8.29. The summed E-state index contributed by atoms with van der Waals surface area (Å²) < 4.78 is 1.02. The van der Waals surface area contributed by atoms with Crippen LogP contribution in [-0.4, -0.2) is 72.5 Å². The van der Waals surface area contributed by atoms with Crippen molar-refractivity contribution in [2.24, 2.45) is 0 Å². The number of hydrogen-bond donors (Lipinski definition) is 0. The summed E-state index contributed by atoms with van der Waals surface area (Å²) in [6.07, 6.45) is 1.73. The van der Waals surface area contributed by atoms with Crippen molar-refractivity contribution in [1.29, 1.82) is 0 Å². The summed E-state index contributed by atoms with van der Waals surface area (Å²) in [6, 6.07) is 9.70. The third kappa shape index (κ3) is 4.55. The van der Waals surface area contributed by atoms with E-state index in [0.717, 1.165) is 42.0 Å². The van der Waals surface area contributed by atoms with Gasteiger partial charge in [-0.25, -0.2) is 9.97 Å². The average Bonchev–Trinajstić information content (AvgIpc) is 2.63. The van der Waals surface area contributed by atoms with E-state index in [1.54, 1.807) is 6.20 Å². The van der Waals surface area contributed by atoms with Crippen LogP contribution in [0.15, 0.2) is 41.0 Å². The Hall–Kier alpha value is -1.99. The maximum Gasteiger partial charge on any atom is 0.242 e. The van der Waals surface area contributed by atoms with E-state index in [1.807, 2.05) is 47.2 Å². The maximum absolute atomic E-state index is 12.5. The molecule has 1 aromatic heterocycles. The number of rotatable bonds is 4. The van der Waals surface area contributed by atoms with Crippen molar-refractivity contribution in [3.8, 4) is 11.4 Å². The van der Waals surface area contributed by atoms with Crippen molar-refractivity contribution in [2.45, 2.75) is 0 Å². The molecule has 0 saturated carbocycles. The number of halogens is 1. The van der Waals surface area contributed by atoms with E-state index in [-0.39, 0.29) is 5.91 Å². The van der Waals surface area contributed by atoms with Gasteiger partial charge in [-0.3, -0.25) is 4.79 Å². The summed E-state index contributed by atoms with van der Waals surface area (Å²) in [5.74, 6) is 1.54. The maximum atomic E-state index is 12.5. The van der Waals surface area contributed by atoms with E-state index < -0.39 is 0 Å². The molecule has 2 aromatic rings. The average molecular weight is 404 g/mol. The predicted octanol–water partition coefficient (Wildman–Crippen LogP) is 2.12. The number of amides is 1. The molecule has 0 bridgehead atoms. The number of nitrogens with zero attached hydrogens (tertiary/aromatic N) is 5. The lowest BCUT2D eigenvalue weighted by atomic mass is 10.2. The Labute approximate surface area is 156 Å². The van der Waals surface area contributed by atoms with Gasteiger partial charge in [0.1, 0.15) is 5.82 Å². The molecule has 1 fully saturated rings. The van der Waals surface area contributed by atoms with Crippen molar-refractivity contribution in [1.82, 2.24) is 19.8 Å². The Morgan fingerprint density at radius 3 is 2.52 bits per heavy atom. The molecular weight excluding hydrogens is 382 g/mol. The summed E-state index contributed by atoms with van der Waals surface area (Å²) in [7, 11) is 3.97. The van der Waals surface area contributed by atoms with Gasteiger partial charge in [0.2, 0.25) is 5.91 Å². The van der Waals surface area contributed by atoms with Gasteiger partial charge in [0, 0.05) is 49.5 Å². The summed E-state index contributed by atoms with van der Waals surface area (Å²) in [4.78, 5) is 27.5. The zero-order chi connectivity index (χ0) is 17.8. The van der Waals surface area contributed by atoms with Crippen molar-refractivity contribution >= 4 is 27.7 Å². The van der Waals surface area contributed by atoms with E-state index in [0.29, 0.717) is 12.4 Å². The molecule has 1 aromatic carbocycles. The molecule has 1 saturated heterocycles. The zero-order valence-electron chi connectivity index (χ0n) is 14.5.